The molecular formula is C5H8N2O. The van der Waals surface area contributed by atoms with E-state index in [-0.39, 0.29) is 5.91 Å². The van der Waals surface area contributed by atoms with E-state index in [1.165, 1.54) is 0 Å². The molecule has 1 aliphatic rings. The monoisotopic (exact) mass is 112 g/mol. The fraction of sp³-hybridized carbons (Fsp3) is 0.400. The highest BCUT2D eigenvalue weighted by atomic mass is 16.2. The molecule has 3 nitrogen and oxygen atoms in total. The van der Waals surface area contributed by atoms with Crippen molar-refractivity contribution in [3.8, 4) is 0 Å². The van der Waals surface area contributed by atoms with Crippen LogP contribution in [0.25, 0.3) is 0 Å². The highest BCUT2D eigenvalue weighted by Crippen LogP contribution is 1.93. The molecule has 1 amide bonds. The second kappa shape index (κ2) is 1.86. The number of nitrogens with one attached hydrogen (secondary N) is 1. The van der Waals surface area contributed by atoms with Crippen LogP contribution in [0.15, 0.2) is 11.8 Å². The first-order valence-corrected chi connectivity index (χ1v) is 2.54. The third-order valence-electron chi connectivity index (χ3n) is 1.06. The molecule has 0 saturated carbocycles. The Bertz CT molecular complexity index is 139. The number of hydrogen-bond acceptors (Lipinski definition) is 2. The molecule has 3 heteroatoms. The van der Waals surface area contributed by atoms with Crippen LogP contribution in [0.2, 0.25) is 0 Å². The number of carbonyl (C=O) groups excluding carboxylic acids is 1. The smallest absolute Gasteiger partial charge is 0.266 e. The summed E-state index contributed by atoms with van der Waals surface area (Å²) in [5, 5.41) is 2.60. The summed E-state index contributed by atoms with van der Waals surface area (Å²) in [7, 11) is 0. The topological polar surface area (TPSA) is 55.1 Å². The van der Waals surface area contributed by atoms with Crippen LogP contribution in [0.5, 0.6) is 0 Å². The maximum atomic E-state index is 10.5. The molecule has 8 heavy (non-hydrogen) atoms. The zero-order chi connectivity index (χ0) is 5.98. The molecule has 3 N–H and O–H groups in total. The van der Waals surface area contributed by atoms with Crippen LogP contribution >= 0.6 is 0 Å². The molecule has 0 saturated heterocycles. The molecule has 44 valence electrons. The highest BCUT2D eigenvalue weighted by Gasteiger charge is 2.06. The first kappa shape index (κ1) is 5.15. The third-order valence-corrected chi connectivity index (χ3v) is 1.06. The Morgan fingerprint density at radius 1 is 1.75 bits per heavy atom. The fourth-order valence-corrected chi connectivity index (χ4v) is 0.608. The molecule has 0 bridgehead atoms. The van der Waals surface area contributed by atoms with E-state index in [4.69, 9.17) is 5.73 Å². The SMILES string of the molecule is NC1=CCCNC1=O. The van der Waals surface area contributed by atoms with E-state index in [1.807, 2.05) is 0 Å². The summed E-state index contributed by atoms with van der Waals surface area (Å²) in [4.78, 5) is 10.5. The lowest BCUT2D eigenvalue weighted by Gasteiger charge is -2.07. The molecule has 1 heterocycles. The van der Waals surface area contributed by atoms with Crippen molar-refractivity contribution >= 4 is 5.91 Å². The summed E-state index contributed by atoms with van der Waals surface area (Å²) in [6, 6.07) is 0. The standard InChI is InChI=1S/C5H8N2O/c6-4-2-1-3-7-5(4)8/h2H,1,3,6H2,(H,7,8). The van der Waals surface area contributed by atoms with Crippen molar-refractivity contribution in [1.82, 2.24) is 5.32 Å². The molecule has 0 aromatic rings. The van der Waals surface area contributed by atoms with Crippen LogP contribution < -0.4 is 11.1 Å². The Labute approximate surface area is 47.6 Å². The van der Waals surface area contributed by atoms with Gasteiger partial charge in [0.25, 0.3) is 5.91 Å². The van der Waals surface area contributed by atoms with Crippen LogP contribution in [-0.2, 0) is 4.79 Å². The van der Waals surface area contributed by atoms with E-state index < -0.39 is 0 Å². The lowest BCUT2D eigenvalue weighted by molar-refractivity contribution is -0.117. The number of amides is 1. The Kier molecular flexibility index (Phi) is 1.20. The van der Waals surface area contributed by atoms with Gasteiger partial charge in [-0.3, -0.25) is 4.79 Å². The minimum absolute atomic E-state index is 0.142. The van der Waals surface area contributed by atoms with Crippen LogP contribution in [0.3, 0.4) is 0 Å². The molecule has 0 aliphatic carbocycles. The van der Waals surface area contributed by atoms with Gasteiger partial charge >= 0.3 is 0 Å². The zero-order valence-electron chi connectivity index (χ0n) is 4.48. The predicted molar refractivity (Wildman–Crippen MR) is 29.9 cm³/mol. The van der Waals surface area contributed by atoms with Crippen molar-refractivity contribution < 1.29 is 4.79 Å². The van der Waals surface area contributed by atoms with E-state index in [9.17, 15) is 4.79 Å². The summed E-state index contributed by atoms with van der Waals surface area (Å²) in [5.41, 5.74) is 5.57. The zero-order valence-corrected chi connectivity index (χ0v) is 4.48. The van der Waals surface area contributed by atoms with Gasteiger partial charge < -0.3 is 11.1 Å². The molecule has 0 radical (unpaired) electrons. The largest absolute Gasteiger partial charge is 0.395 e. The molecule has 0 atom stereocenters. The molecular weight excluding hydrogens is 104 g/mol. The highest BCUT2D eigenvalue weighted by molar-refractivity contribution is 5.93. The number of carbonyl (C=O) groups is 1. The average molecular weight is 112 g/mol. The summed E-state index contributed by atoms with van der Waals surface area (Å²) >= 11 is 0. The van der Waals surface area contributed by atoms with Gasteiger partial charge in [-0.2, -0.15) is 0 Å². The van der Waals surface area contributed by atoms with Gasteiger partial charge in [-0.1, -0.05) is 6.08 Å². The van der Waals surface area contributed by atoms with Crippen molar-refractivity contribution in [2.75, 3.05) is 6.54 Å². The number of rotatable bonds is 0. The summed E-state index contributed by atoms with van der Waals surface area (Å²) in [6.45, 7) is 0.722. The van der Waals surface area contributed by atoms with Crippen LogP contribution in [-0.4, -0.2) is 12.5 Å². The Balaban J connectivity index is 2.67. The van der Waals surface area contributed by atoms with Gasteiger partial charge in [0.05, 0.1) is 5.70 Å². The summed E-state index contributed by atoms with van der Waals surface area (Å²) < 4.78 is 0. The Hall–Kier alpha value is -0.990. The van der Waals surface area contributed by atoms with Gasteiger partial charge in [0, 0.05) is 6.54 Å². The lowest BCUT2D eigenvalue weighted by atomic mass is 10.2. The van der Waals surface area contributed by atoms with Crippen molar-refractivity contribution in [2.45, 2.75) is 6.42 Å². The molecule has 0 aromatic heterocycles. The first-order chi connectivity index (χ1) is 3.80. The quantitative estimate of drug-likeness (QED) is 0.437. The summed E-state index contributed by atoms with van der Waals surface area (Å²) in [5.74, 6) is -0.142. The molecule has 0 spiro atoms. The second-order valence-electron chi connectivity index (χ2n) is 1.70. The van der Waals surface area contributed by atoms with Crippen molar-refractivity contribution in [2.24, 2.45) is 5.73 Å². The second-order valence-corrected chi connectivity index (χ2v) is 1.70. The lowest BCUT2D eigenvalue weighted by Crippen LogP contribution is -2.32. The number of nitrogens with two attached hydrogens (primary N) is 1. The van der Waals surface area contributed by atoms with E-state index >= 15 is 0 Å². The predicted octanol–water partition coefficient (Wildman–Crippen LogP) is -0.651. The Morgan fingerprint density at radius 2 is 2.50 bits per heavy atom. The van der Waals surface area contributed by atoms with Crippen molar-refractivity contribution in [3.63, 3.8) is 0 Å². The van der Waals surface area contributed by atoms with E-state index in [1.54, 1.807) is 6.08 Å². The minimum Gasteiger partial charge on any atom is -0.395 e. The third kappa shape index (κ3) is 0.804. The van der Waals surface area contributed by atoms with Gasteiger partial charge in [-0.05, 0) is 6.42 Å². The Morgan fingerprint density at radius 3 is 2.88 bits per heavy atom. The molecule has 1 rings (SSSR count). The fourth-order valence-electron chi connectivity index (χ4n) is 0.608. The first-order valence-electron chi connectivity index (χ1n) is 2.54. The van der Waals surface area contributed by atoms with E-state index in [2.05, 4.69) is 5.32 Å². The van der Waals surface area contributed by atoms with Crippen molar-refractivity contribution in [1.29, 1.82) is 0 Å². The maximum absolute atomic E-state index is 10.5. The number of hydrogen-bond donors (Lipinski definition) is 2. The van der Waals surface area contributed by atoms with Gasteiger partial charge in [-0.25, -0.2) is 0 Å². The van der Waals surface area contributed by atoms with Gasteiger partial charge in [0.1, 0.15) is 0 Å². The normalized spacial score (nSPS) is 19.5. The van der Waals surface area contributed by atoms with Gasteiger partial charge in [-0.15, -0.1) is 0 Å². The molecule has 0 unspecified atom stereocenters. The molecule has 1 aliphatic heterocycles. The van der Waals surface area contributed by atoms with Crippen LogP contribution in [0, 0.1) is 0 Å². The van der Waals surface area contributed by atoms with E-state index in [0.717, 1.165) is 13.0 Å². The maximum Gasteiger partial charge on any atom is 0.266 e. The summed E-state index contributed by atoms with van der Waals surface area (Å²) in [6.07, 6.45) is 2.59. The molecule has 0 aromatic carbocycles. The van der Waals surface area contributed by atoms with Crippen LogP contribution in [0.1, 0.15) is 6.42 Å². The van der Waals surface area contributed by atoms with Gasteiger partial charge in [0.2, 0.25) is 0 Å². The van der Waals surface area contributed by atoms with Crippen LogP contribution in [0.4, 0.5) is 0 Å². The minimum atomic E-state index is -0.142. The molecule has 0 fully saturated rings. The van der Waals surface area contributed by atoms with E-state index in [0.29, 0.717) is 5.70 Å². The van der Waals surface area contributed by atoms with Gasteiger partial charge in [0.15, 0.2) is 0 Å². The van der Waals surface area contributed by atoms with Crippen molar-refractivity contribution in [3.05, 3.63) is 11.8 Å². The average Bonchev–Trinajstić information content (AvgIpc) is 1.77.